The Morgan fingerprint density at radius 3 is 2.64 bits per heavy atom. The molecule has 12 nitrogen and oxygen atoms in total. The van der Waals surface area contributed by atoms with Crippen molar-refractivity contribution in [3.05, 3.63) is 34.7 Å². The van der Waals surface area contributed by atoms with Crippen LogP contribution in [0.5, 0.6) is 0 Å². The van der Waals surface area contributed by atoms with Crippen LogP contribution in [0.4, 0.5) is 22.0 Å². The molecule has 17 heteroatoms. The summed E-state index contributed by atoms with van der Waals surface area (Å²) in [5.74, 6) is -6.98. The summed E-state index contributed by atoms with van der Waals surface area (Å²) in [6.45, 7) is 1.86. The number of aryl methyl sites for hydroxylation is 1. The standard InChI is InChI=1S/C27H31F5N8O4/c1-13-20(39-44-38-13)24(42)35-21(14-2-5-26(28,29)6-3-14)19-11-40-25(34-19)36-22(15-4-7-43-12-15)18(37-40)9-16-8-17(27(30,31)32)10-33-23(16)41/h11,14-17,21H,2-10,12H2,1H3,(H,33,41)(H,35,42)/t15-,16+,17+,21-/m0/s1. The van der Waals surface area contributed by atoms with E-state index in [0.29, 0.717) is 36.7 Å². The van der Waals surface area contributed by atoms with Gasteiger partial charge in [0.25, 0.3) is 11.7 Å². The van der Waals surface area contributed by atoms with Crippen LogP contribution in [-0.4, -0.2) is 73.6 Å². The molecule has 0 bridgehead atoms. The molecule has 5 heterocycles. The first-order chi connectivity index (χ1) is 20.9. The molecular weight excluding hydrogens is 595 g/mol. The zero-order valence-electron chi connectivity index (χ0n) is 23.7. The normalized spacial score (nSPS) is 25.2. The Kier molecular flexibility index (Phi) is 8.00. The second kappa shape index (κ2) is 11.6. The first-order valence-corrected chi connectivity index (χ1v) is 14.5. The minimum atomic E-state index is -4.45. The molecule has 4 atom stereocenters. The number of fused-ring (bicyclic) bond motifs is 1. The number of piperidine rings is 1. The zero-order valence-corrected chi connectivity index (χ0v) is 23.7. The van der Waals surface area contributed by atoms with Crippen LogP contribution in [0.1, 0.15) is 83.7 Å². The second-order valence-electron chi connectivity index (χ2n) is 11.9. The maximum absolute atomic E-state index is 14.0. The Morgan fingerprint density at radius 2 is 1.98 bits per heavy atom. The Bertz CT molecular complexity index is 1530. The van der Waals surface area contributed by atoms with E-state index < -0.39 is 54.3 Å². The van der Waals surface area contributed by atoms with Crippen LogP contribution < -0.4 is 10.6 Å². The van der Waals surface area contributed by atoms with E-state index in [4.69, 9.17) is 9.72 Å². The Balaban J connectivity index is 1.35. The highest BCUT2D eigenvalue weighted by molar-refractivity contribution is 5.93. The fourth-order valence-electron chi connectivity index (χ4n) is 6.29. The lowest BCUT2D eigenvalue weighted by molar-refractivity contribution is -0.183. The highest BCUT2D eigenvalue weighted by Gasteiger charge is 2.45. The maximum atomic E-state index is 14.0. The number of hydrogen-bond acceptors (Lipinski definition) is 9. The zero-order chi connectivity index (χ0) is 31.2. The van der Waals surface area contributed by atoms with Crippen LogP contribution >= 0.6 is 0 Å². The van der Waals surface area contributed by atoms with Crippen LogP contribution in [0, 0.1) is 24.7 Å². The number of nitrogens with one attached hydrogen (secondary N) is 2. The molecule has 238 valence electrons. The third-order valence-electron chi connectivity index (χ3n) is 8.82. The third-order valence-corrected chi connectivity index (χ3v) is 8.82. The van der Waals surface area contributed by atoms with E-state index in [-0.39, 0.29) is 61.6 Å². The van der Waals surface area contributed by atoms with Gasteiger partial charge in [0.1, 0.15) is 5.69 Å². The smallest absolute Gasteiger partial charge is 0.381 e. The van der Waals surface area contributed by atoms with Gasteiger partial charge < -0.3 is 15.4 Å². The predicted octanol–water partition coefficient (Wildman–Crippen LogP) is 3.47. The Morgan fingerprint density at radius 1 is 1.20 bits per heavy atom. The van der Waals surface area contributed by atoms with Crippen molar-refractivity contribution in [2.45, 2.75) is 75.9 Å². The summed E-state index contributed by atoms with van der Waals surface area (Å²) in [6.07, 6.45) is -3.23. The van der Waals surface area contributed by atoms with Crippen LogP contribution in [0.25, 0.3) is 5.78 Å². The van der Waals surface area contributed by atoms with Gasteiger partial charge in [0, 0.05) is 44.2 Å². The molecule has 3 aliphatic rings. The largest absolute Gasteiger partial charge is 0.393 e. The number of alkyl halides is 5. The lowest BCUT2D eigenvalue weighted by atomic mass is 9.81. The molecular formula is C27H31F5N8O4. The maximum Gasteiger partial charge on any atom is 0.393 e. The minimum absolute atomic E-state index is 0.0510. The molecule has 1 aliphatic carbocycles. The van der Waals surface area contributed by atoms with E-state index in [1.54, 1.807) is 6.92 Å². The SMILES string of the molecule is Cc1nonc1C(=O)N[C@H](c1cn2nc(C[C@H]3C[C@@H](C(F)(F)F)CNC3=O)c([C@H]3CCOC3)nc2n1)C1CCC(F)(F)CC1. The fourth-order valence-corrected chi connectivity index (χ4v) is 6.29. The lowest BCUT2D eigenvalue weighted by Crippen LogP contribution is -2.47. The van der Waals surface area contributed by atoms with Crippen LogP contribution in [0.3, 0.4) is 0 Å². The average Bonchev–Trinajstić information content (AvgIpc) is 3.73. The average molecular weight is 627 g/mol. The minimum Gasteiger partial charge on any atom is -0.381 e. The molecule has 3 aromatic rings. The summed E-state index contributed by atoms with van der Waals surface area (Å²) in [6, 6.07) is -0.809. The number of amides is 2. The molecule has 0 spiro atoms. The number of ether oxygens (including phenoxy) is 1. The number of nitrogens with zero attached hydrogens (tertiary/aromatic N) is 6. The number of hydrogen-bond donors (Lipinski definition) is 2. The van der Waals surface area contributed by atoms with E-state index in [1.165, 1.54) is 10.7 Å². The van der Waals surface area contributed by atoms with Gasteiger partial charge in [-0.1, -0.05) is 5.16 Å². The topological polar surface area (TPSA) is 149 Å². The second-order valence-corrected chi connectivity index (χ2v) is 11.9. The highest BCUT2D eigenvalue weighted by atomic mass is 19.4. The van der Waals surface area contributed by atoms with E-state index in [2.05, 4.69) is 35.7 Å². The number of imidazole rings is 1. The molecule has 1 saturated carbocycles. The molecule has 0 unspecified atom stereocenters. The quantitative estimate of drug-likeness (QED) is 0.376. The monoisotopic (exact) mass is 626 g/mol. The van der Waals surface area contributed by atoms with Crippen molar-refractivity contribution in [1.29, 1.82) is 0 Å². The number of aromatic nitrogens is 6. The third kappa shape index (κ3) is 6.23. The number of carbonyl (C=O) groups excluding carboxylic acids is 2. The molecule has 2 amide bonds. The van der Waals surface area contributed by atoms with E-state index in [0.717, 1.165) is 0 Å². The van der Waals surface area contributed by atoms with Crippen molar-refractivity contribution in [2.75, 3.05) is 19.8 Å². The molecule has 2 saturated heterocycles. The first kappa shape index (κ1) is 30.3. The molecule has 2 aliphatic heterocycles. The van der Waals surface area contributed by atoms with E-state index >= 15 is 0 Å². The fraction of sp³-hybridized carbons (Fsp3) is 0.667. The van der Waals surface area contributed by atoms with Crippen molar-refractivity contribution in [3.63, 3.8) is 0 Å². The van der Waals surface area contributed by atoms with Gasteiger partial charge in [0.15, 0.2) is 5.69 Å². The Labute approximate surface area is 247 Å². The van der Waals surface area contributed by atoms with E-state index in [9.17, 15) is 31.5 Å². The molecule has 0 aromatic carbocycles. The van der Waals surface area contributed by atoms with Crippen molar-refractivity contribution in [3.8, 4) is 0 Å². The number of halogens is 5. The summed E-state index contributed by atoms with van der Waals surface area (Å²) < 4.78 is 80.1. The highest BCUT2D eigenvalue weighted by Crippen LogP contribution is 2.42. The summed E-state index contributed by atoms with van der Waals surface area (Å²) in [4.78, 5) is 35.1. The summed E-state index contributed by atoms with van der Waals surface area (Å²) in [5, 5.41) is 17.1. The van der Waals surface area contributed by atoms with Crippen molar-refractivity contribution >= 4 is 17.6 Å². The van der Waals surface area contributed by atoms with Crippen molar-refractivity contribution in [1.82, 2.24) is 40.5 Å². The van der Waals surface area contributed by atoms with Gasteiger partial charge in [-0.15, -0.1) is 0 Å². The van der Waals surface area contributed by atoms with Gasteiger partial charge >= 0.3 is 6.18 Å². The lowest BCUT2D eigenvalue weighted by Gasteiger charge is -2.33. The summed E-state index contributed by atoms with van der Waals surface area (Å²) in [7, 11) is 0. The molecule has 2 N–H and O–H groups in total. The van der Waals surface area contributed by atoms with Gasteiger partial charge in [0.2, 0.25) is 11.8 Å². The van der Waals surface area contributed by atoms with Crippen molar-refractivity contribution < 1.29 is 40.9 Å². The van der Waals surface area contributed by atoms with Gasteiger partial charge in [-0.2, -0.15) is 18.3 Å². The molecule has 3 fully saturated rings. The van der Waals surface area contributed by atoms with Crippen LogP contribution in [-0.2, 0) is 16.0 Å². The molecule has 3 aromatic heterocycles. The first-order valence-electron chi connectivity index (χ1n) is 14.5. The summed E-state index contributed by atoms with van der Waals surface area (Å²) in [5.41, 5.74) is 1.35. The number of carbonyl (C=O) groups is 2. The molecule has 0 radical (unpaired) electrons. The van der Waals surface area contributed by atoms with Crippen molar-refractivity contribution in [2.24, 2.45) is 17.8 Å². The predicted molar refractivity (Wildman–Crippen MR) is 139 cm³/mol. The van der Waals surface area contributed by atoms with Gasteiger partial charge in [-0.3, -0.25) is 9.59 Å². The molecule has 6 rings (SSSR count). The van der Waals surface area contributed by atoms with Gasteiger partial charge in [-0.25, -0.2) is 27.9 Å². The van der Waals surface area contributed by atoms with E-state index in [1.807, 2.05) is 0 Å². The van der Waals surface area contributed by atoms with Gasteiger partial charge in [0.05, 0.1) is 41.8 Å². The van der Waals surface area contributed by atoms with Crippen LogP contribution in [0.15, 0.2) is 10.8 Å². The Hall–Kier alpha value is -3.76. The number of rotatable bonds is 7. The van der Waals surface area contributed by atoms with Crippen LogP contribution in [0.2, 0.25) is 0 Å². The van der Waals surface area contributed by atoms with Gasteiger partial charge in [-0.05, 0) is 43.7 Å². The molecule has 44 heavy (non-hydrogen) atoms. The summed E-state index contributed by atoms with van der Waals surface area (Å²) >= 11 is 0.